The lowest BCUT2D eigenvalue weighted by Gasteiger charge is -2.36. The Morgan fingerprint density at radius 3 is 2.70 bits per heavy atom. The normalized spacial score (nSPS) is 36.0. The number of nitrogens with one attached hydrogen (secondary N) is 3. The van der Waals surface area contributed by atoms with Gasteiger partial charge in [0.25, 0.3) is 0 Å². The molecule has 0 radical (unpaired) electrons. The van der Waals surface area contributed by atoms with Crippen LogP contribution in [0.2, 0.25) is 0 Å². The van der Waals surface area contributed by atoms with Crippen LogP contribution in [0.3, 0.4) is 0 Å². The number of rotatable bonds is 1. The third-order valence-electron chi connectivity index (χ3n) is 4.43. The fraction of sp³-hybridized carbons (Fsp3) is 0.467. The lowest BCUT2D eigenvalue weighted by Crippen LogP contribution is -2.48. The second kappa shape index (κ2) is 4.23. The largest absolute Gasteiger partial charge is 0.375 e. The molecule has 0 aromatic carbocycles. The minimum atomic E-state index is -0.239. The topological polar surface area (TPSA) is 70.2 Å². The van der Waals surface area contributed by atoms with Crippen LogP contribution < -0.4 is 16.0 Å². The van der Waals surface area contributed by atoms with Crippen LogP contribution in [0.4, 0.5) is 0 Å². The van der Waals surface area contributed by atoms with E-state index in [1.54, 1.807) is 6.20 Å². The average Bonchev–Trinajstić information content (AvgIpc) is 2.69. The van der Waals surface area contributed by atoms with E-state index in [1.807, 2.05) is 19.9 Å². The molecule has 3 atom stereocenters. The van der Waals surface area contributed by atoms with Crippen molar-refractivity contribution in [3.63, 3.8) is 0 Å². The maximum atomic E-state index is 11.7. The van der Waals surface area contributed by atoms with E-state index >= 15 is 0 Å². The van der Waals surface area contributed by atoms with Gasteiger partial charge >= 0.3 is 0 Å². The number of carbonyl (C=O) groups is 2. The maximum absolute atomic E-state index is 11.7. The molecule has 0 spiro atoms. The first-order chi connectivity index (χ1) is 9.40. The fourth-order valence-corrected chi connectivity index (χ4v) is 2.96. The standard InChI is InChI=1S/C15H19N3O2/c1-8-10-6-15(3,5-4-11(10)18-13(8)19)12-7-16-14(20)9(2)17-12/h4-5,7-9,17H,6H2,1-3H3,(H,16,20)(H,18,19). The number of amides is 2. The molecule has 20 heavy (non-hydrogen) atoms. The van der Waals surface area contributed by atoms with E-state index in [-0.39, 0.29) is 29.2 Å². The van der Waals surface area contributed by atoms with Gasteiger partial charge in [-0.2, -0.15) is 0 Å². The molecule has 1 aliphatic carbocycles. The van der Waals surface area contributed by atoms with E-state index in [9.17, 15) is 9.59 Å². The highest BCUT2D eigenvalue weighted by atomic mass is 16.2. The SMILES string of the molecule is CC1NC(C2(C)C=CC3=C(C2)C(C)C(=O)N3)=CNC1=O. The average molecular weight is 273 g/mol. The van der Waals surface area contributed by atoms with E-state index in [0.29, 0.717) is 0 Å². The molecule has 2 amide bonds. The highest BCUT2D eigenvalue weighted by Gasteiger charge is 2.39. The predicted octanol–water partition coefficient (Wildman–Crippen LogP) is 0.922. The molecule has 0 bridgehead atoms. The third kappa shape index (κ3) is 1.85. The van der Waals surface area contributed by atoms with E-state index in [1.165, 1.54) is 0 Å². The predicted molar refractivity (Wildman–Crippen MR) is 75.0 cm³/mol. The van der Waals surface area contributed by atoms with E-state index in [4.69, 9.17) is 0 Å². The Kier molecular flexibility index (Phi) is 2.74. The Morgan fingerprint density at radius 1 is 1.25 bits per heavy atom. The smallest absolute Gasteiger partial charge is 0.246 e. The second-order valence-corrected chi connectivity index (χ2v) is 6.01. The van der Waals surface area contributed by atoms with Gasteiger partial charge in [0.1, 0.15) is 6.04 Å². The van der Waals surface area contributed by atoms with Gasteiger partial charge in [0.05, 0.1) is 5.92 Å². The summed E-state index contributed by atoms with van der Waals surface area (Å²) in [5.74, 6) is -0.0373. The van der Waals surface area contributed by atoms with Crippen LogP contribution in [-0.2, 0) is 9.59 Å². The first kappa shape index (κ1) is 13.0. The minimum absolute atomic E-state index is 0.0249. The number of hydrogen-bond donors (Lipinski definition) is 3. The zero-order valence-electron chi connectivity index (χ0n) is 11.9. The van der Waals surface area contributed by atoms with E-state index in [0.717, 1.165) is 23.4 Å². The van der Waals surface area contributed by atoms with Gasteiger partial charge in [0.2, 0.25) is 11.8 Å². The van der Waals surface area contributed by atoms with Gasteiger partial charge in [0, 0.05) is 23.0 Å². The summed E-state index contributed by atoms with van der Waals surface area (Å²) in [4.78, 5) is 23.3. The van der Waals surface area contributed by atoms with Crippen LogP contribution in [0.5, 0.6) is 0 Å². The van der Waals surface area contributed by atoms with Gasteiger partial charge in [-0.25, -0.2) is 0 Å². The molecule has 5 heteroatoms. The molecule has 106 valence electrons. The summed E-state index contributed by atoms with van der Waals surface area (Å²) >= 11 is 0. The second-order valence-electron chi connectivity index (χ2n) is 6.01. The summed E-state index contributed by atoms with van der Waals surface area (Å²) in [6, 6.07) is -0.239. The lowest BCUT2D eigenvalue weighted by atomic mass is 9.74. The van der Waals surface area contributed by atoms with Crippen molar-refractivity contribution in [3.05, 3.63) is 35.3 Å². The van der Waals surface area contributed by atoms with Crippen molar-refractivity contribution in [2.75, 3.05) is 0 Å². The van der Waals surface area contributed by atoms with Crippen molar-refractivity contribution < 1.29 is 9.59 Å². The Bertz CT molecular complexity index is 588. The quantitative estimate of drug-likeness (QED) is 0.665. The van der Waals surface area contributed by atoms with Gasteiger partial charge in [-0.05, 0) is 31.9 Å². The van der Waals surface area contributed by atoms with Crippen molar-refractivity contribution in [1.29, 1.82) is 0 Å². The zero-order chi connectivity index (χ0) is 14.5. The molecule has 0 aromatic heterocycles. The van der Waals surface area contributed by atoms with Crippen molar-refractivity contribution >= 4 is 11.8 Å². The minimum Gasteiger partial charge on any atom is -0.375 e. The highest BCUT2D eigenvalue weighted by molar-refractivity contribution is 5.88. The van der Waals surface area contributed by atoms with Crippen LogP contribution in [0.1, 0.15) is 27.2 Å². The van der Waals surface area contributed by atoms with Gasteiger partial charge in [-0.1, -0.05) is 13.0 Å². The van der Waals surface area contributed by atoms with Crippen molar-refractivity contribution in [3.8, 4) is 0 Å². The summed E-state index contributed by atoms with van der Waals surface area (Å²) in [5.41, 5.74) is 2.85. The molecule has 3 rings (SSSR count). The molecule has 0 saturated carbocycles. The summed E-state index contributed by atoms with van der Waals surface area (Å²) in [6.45, 7) is 5.89. The third-order valence-corrected chi connectivity index (χ3v) is 4.43. The van der Waals surface area contributed by atoms with Gasteiger partial charge in [-0.15, -0.1) is 0 Å². The highest BCUT2D eigenvalue weighted by Crippen LogP contribution is 2.43. The molecule has 0 aromatic rings. The van der Waals surface area contributed by atoms with Crippen molar-refractivity contribution in [2.45, 2.75) is 33.2 Å². The molecule has 5 nitrogen and oxygen atoms in total. The summed E-state index contributed by atoms with van der Waals surface area (Å²) in [7, 11) is 0. The molecule has 3 unspecified atom stereocenters. The Balaban J connectivity index is 1.88. The Morgan fingerprint density at radius 2 is 2.00 bits per heavy atom. The molecule has 3 aliphatic rings. The monoisotopic (exact) mass is 273 g/mol. The summed E-state index contributed by atoms with van der Waals surface area (Å²) < 4.78 is 0. The van der Waals surface area contributed by atoms with Crippen LogP contribution in [-0.4, -0.2) is 17.9 Å². The fourth-order valence-electron chi connectivity index (χ4n) is 2.96. The first-order valence-corrected chi connectivity index (χ1v) is 6.91. The molecule has 0 fully saturated rings. The van der Waals surface area contributed by atoms with Crippen molar-refractivity contribution in [1.82, 2.24) is 16.0 Å². The lowest BCUT2D eigenvalue weighted by molar-refractivity contribution is -0.122. The van der Waals surface area contributed by atoms with Crippen LogP contribution in [0, 0.1) is 11.3 Å². The summed E-state index contributed by atoms with van der Waals surface area (Å²) in [6.07, 6.45) is 6.59. The van der Waals surface area contributed by atoms with E-state index in [2.05, 4.69) is 29.0 Å². The van der Waals surface area contributed by atoms with E-state index < -0.39 is 0 Å². The molecule has 0 saturated heterocycles. The van der Waals surface area contributed by atoms with Crippen LogP contribution >= 0.6 is 0 Å². The summed E-state index contributed by atoms with van der Waals surface area (Å²) in [5, 5.41) is 8.95. The molecule has 2 heterocycles. The van der Waals surface area contributed by atoms with Crippen molar-refractivity contribution in [2.24, 2.45) is 11.3 Å². The Labute approximate surface area is 118 Å². The van der Waals surface area contributed by atoms with Crippen LogP contribution in [0.15, 0.2) is 35.3 Å². The molecular weight excluding hydrogens is 254 g/mol. The molecule has 2 aliphatic heterocycles. The number of allylic oxidation sites excluding steroid dienone is 2. The first-order valence-electron chi connectivity index (χ1n) is 6.91. The molecular formula is C15H19N3O2. The van der Waals surface area contributed by atoms with Gasteiger partial charge < -0.3 is 16.0 Å². The zero-order valence-corrected chi connectivity index (χ0v) is 11.9. The Hall–Kier alpha value is -2.04. The maximum Gasteiger partial charge on any atom is 0.246 e. The van der Waals surface area contributed by atoms with Gasteiger partial charge in [0.15, 0.2) is 0 Å². The molecule has 3 N–H and O–H groups in total. The van der Waals surface area contributed by atoms with Crippen LogP contribution in [0.25, 0.3) is 0 Å². The number of carbonyl (C=O) groups excluding carboxylic acids is 2. The van der Waals surface area contributed by atoms with Gasteiger partial charge in [-0.3, -0.25) is 9.59 Å². The number of hydrogen-bond acceptors (Lipinski definition) is 3.